The Morgan fingerprint density at radius 2 is 2.23 bits per heavy atom. The first-order valence-electron chi connectivity index (χ1n) is 5.20. The highest BCUT2D eigenvalue weighted by Crippen LogP contribution is 2.12. The van der Waals surface area contributed by atoms with Crippen LogP contribution in [0.5, 0.6) is 0 Å². The van der Waals surface area contributed by atoms with Crippen LogP contribution in [-0.2, 0) is 9.63 Å². The van der Waals surface area contributed by atoms with Crippen molar-refractivity contribution in [2.45, 2.75) is 39.5 Å². The van der Waals surface area contributed by atoms with Gasteiger partial charge in [0.1, 0.15) is 0 Å². The molecule has 1 unspecified atom stereocenters. The predicted molar refractivity (Wildman–Crippen MR) is 51.0 cm³/mol. The first-order valence-corrected chi connectivity index (χ1v) is 5.20. The Hall–Kier alpha value is -0.570. The maximum Gasteiger partial charge on any atom is 0.248 e. The average molecular weight is 185 g/mol. The summed E-state index contributed by atoms with van der Waals surface area (Å²) in [5.74, 6) is 0.238. The summed E-state index contributed by atoms with van der Waals surface area (Å²) in [6.07, 6.45) is 4.20. The molecule has 0 N–H and O–H groups in total. The zero-order valence-corrected chi connectivity index (χ0v) is 8.58. The molecule has 1 aliphatic heterocycles. The van der Waals surface area contributed by atoms with E-state index in [-0.39, 0.29) is 11.8 Å². The van der Waals surface area contributed by atoms with Crippen LogP contribution in [-0.4, -0.2) is 24.1 Å². The molecule has 1 atom stereocenters. The first-order chi connectivity index (χ1) is 6.25. The van der Waals surface area contributed by atoms with E-state index < -0.39 is 0 Å². The third-order valence-corrected chi connectivity index (χ3v) is 2.53. The average Bonchev–Trinajstić information content (AvgIpc) is 2.43. The molecule has 0 spiro atoms. The topological polar surface area (TPSA) is 29.5 Å². The van der Waals surface area contributed by atoms with Crippen molar-refractivity contribution in [3.05, 3.63) is 0 Å². The molecule has 0 aromatic rings. The Morgan fingerprint density at radius 3 is 2.92 bits per heavy atom. The molecule has 3 heteroatoms. The molecule has 0 aliphatic carbocycles. The van der Waals surface area contributed by atoms with Gasteiger partial charge < -0.3 is 0 Å². The van der Waals surface area contributed by atoms with Crippen LogP contribution in [0.4, 0.5) is 0 Å². The summed E-state index contributed by atoms with van der Waals surface area (Å²) in [5, 5.41) is 1.56. The summed E-state index contributed by atoms with van der Waals surface area (Å²) in [7, 11) is 0. The number of carbonyl (C=O) groups excluding carboxylic acids is 1. The Morgan fingerprint density at radius 1 is 1.46 bits per heavy atom. The van der Waals surface area contributed by atoms with E-state index in [0.717, 1.165) is 25.8 Å². The standard InChI is InChI=1S/C10H19NO2/c1-3-9(2)10(12)11-7-5-4-6-8-13-11/h9H,3-8H2,1-2H3. The van der Waals surface area contributed by atoms with Gasteiger partial charge in [-0.1, -0.05) is 13.8 Å². The van der Waals surface area contributed by atoms with Gasteiger partial charge in [0.15, 0.2) is 0 Å². The van der Waals surface area contributed by atoms with Crippen LogP contribution >= 0.6 is 0 Å². The van der Waals surface area contributed by atoms with E-state index in [1.807, 2.05) is 13.8 Å². The van der Waals surface area contributed by atoms with Crippen molar-refractivity contribution < 1.29 is 9.63 Å². The molecule has 13 heavy (non-hydrogen) atoms. The molecule has 1 fully saturated rings. The zero-order chi connectivity index (χ0) is 9.68. The van der Waals surface area contributed by atoms with E-state index >= 15 is 0 Å². The first kappa shape index (κ1) is 10.5. The lowest BCUT2D eigenvalue weighted by atomic mass is 10.1. The van der Waals surface area contributed by atoms with E-state index in [1.165, 1.54) is 6.42 Å². The van der Waals surface area contributed by atoms with Gasteiger partial charge in [-0.25, -0.2) is 5.06 Å². The van der Waals surface area contributed by atoms with Gasteiger partial charge in [-0.3, -0.25) is 9.63 Å². The van der Waals surface area contributed by atoms with Crippen molar-refractivity contribution in [2.75, 3.05) is 13.2 Å². The molecule has 0 aromatic carbocycles. The molecule has 0 saturated carbocycles. The van der Waals surface area contributed by atoms with Crippen LogP contribution in [0, 0.1) is 5.92 Å². The summed E-state index contributed by atoms with van der Waals surface area (Å²) >= 11 is 0. The van der Waals surface area contributed by atoms with Crippen LogP contribution in [0.1, 0.15) is 39.5 Å². The maximum absolute atomic E-state index is 11.7. The lowest BCUT2D eigenvalue weighted by Gasteiger charge is -2.22. The fourth-order valence-corrected chi connectivity index (χ4v) is 1.37. The van der Waals surface area contributed by atoms with Gasteiger partial charge in [0.25, 0.3) is 0 Å². The third kappa shape index (κ3) is 2.99. The Kier molecular flexibility index (Phi) is 4.22. The molecule has 0 bridgehead atoms. The van der Waals surface area contributed by atoms with Gasteiger partial charge in [-0.15, -0.1) is 0 Å². The zero-order valence-electron chi connectivity index (χ0n) is 8.58. The Labute approximate surface area is 80.0 Å². The summed E-state index contributed by atoms with van der Waals surface area (Å²) < 4.78 is 0. The highest BCUT2D eigenvalue weighted by Gasteiger charge is 2.20. The molecule has 0 radical (unpaired) electrons. The fourth-order valence-electron chi connectivity index (χ4n) is 1.37. The quantitative estimate of drug-likeness (QED) is 0.658. The molecule has 1 heterocycles. The fraction of sp³-hybridized carbons (Fsp3) is 0.900. The second-order valence-corrected chi connectivity index (χ2v) is 3.64. The number of hydrogen-bond donors (Lipinski definition) is 0. The normalized spacial score (nSPS) is 20.9. The molecular weight excluding hydrogens is 166 g/mol. The largest absolute Gasteiger partial charge is 0.272 e. The van der Waals surface area contributed by atoms with Crippen molar-refractivity contribution in [3.63, 3.8) is 0 Å². The number of rotatable bonds is 2. The summed E-state index contributed by atoms with van der Waals surface area (Å²) in [5.41, 5.74) is 0. The van der Waals surface area contributed by atoms with Crippen LogP contribution in [0.3, 0.4) is 0 Å². The van der Waals surface area contributed by atoms with Gasteiger partial charge in [-0.05, 0) is 25.7 Å². The molecule has 1 amide bonds. The SMILES string of the molecule is CCC(C)C(=O)N1CCCCCO1. The van der Waals surface area contributed by atoms with Crippen LogP contribution in [0.25, 0.3) is 0 Å². The minimum Gasteiger partial charge on any atom is -0.272 e. The maximum atomic E-state index is 11.7. The highest BCUT2D eigenvalue weighted by molar-refractivity contribution is 5.77. The summed E-state index contributed by atoms with van der Waals surface area (Å²) in [6, 6.07) is 0. The minimum atomic E-state index is 0.0955. The van der Waals surface area contributed by atoms with Gasteiger partial charge >= 0.3 is 0 Å². The number of nitrogens with zero attached hydrogens (tertiary/aromatic N) is 1. The second kappa shape index (κ2) is 5.22. The lowest BCUT2D eigenvalue weighted by molar-refractivity contribution is -0.187. The second-order valence-electron chi connectivity index (χ2n) is 3.64. The number of carbonyl (C=O) groups is 1. The Balaban J connectivity index is 2.43. The molecule has 0 aromatic heterocycles. The van der Waals surface area contributed by atoms with Crippen molar-refractivity contribution in [2.24, 2.45) is 5.92 Å². The summed E-state index contributed by atoms with van der Waals surface area (Å²) in [4.78, 5) is 17.1. The smallest absolute Gasteiger partial charge is 0.248 e. The number of hydroxylamine groups is 2. The van der Waals surface area contributed by atoms with E-state index in [9.17, 15) is 4.79 Å². The predicted octanol–water partition coefficient (Wildman–Crippen LogP) is 1.98. The van der Waals surface area contributed by atoms with Crippen LogP contribution in [0.15, 0.2) is 0 Å². The van der Waals surface area contributed by atoms with Crippen molar-refractivity contribution in [3.8, 4) is 0 Å². The van der Waals surface area contributed by atoms with Gasteiger partial charge in [-0.2, -0.15) is 0 Å². The Bertz CT molecular complexity index is 162. The van der Waals surface area contributed by atoms with Crippen LogP contribution < -0.4 is 0 Å². The van der Waals surface area contributed by atoms with Crippen molar-refractivity contribution in [1.29, 1.82) is 0 Å². The molecule has 1 aliphatic rings. The third-order valence-electron chi connectivity index (χ3n) is 2.53. The molecule has 3 nitrogen and oxygen atoms in total. The van der Waals surface area contributed by atoms with Gasteiger partial charge in [0.2, 0.25) is 5.91 Å². The minimum absolute atomic E-state index is 0.0955. The monoisotopic (exact) mass is 185 g/mol. The molecule has 1 rings (SSSR count). The molecular formula is C10H19NO2. The summed E-state index contributed by atoms with van der Waals surface area (Å²) in [6.45, 7) is 5.45. The van der Waals surface area contributed by atoms with Gasteiger partial charge in [0.05, 0.1) is 6.61 Å². The molecule has 1 saturated heterocycles. The van der Waals surface area contributed by atoms with E-state index in [2.05, 4.69) is 0 Å². The van der Waals surface area contributed by atoms with Crippen LogP contribution in [0.2, 0.25) is 0 Å². The number of hydrogen-bond acceptors (Lipinski definition) is 2. The van der Waals surface area contributed by atoms with E-state index in [1.54, 1.807) is 5.06 Å². The van der Waals surface area contributed by atoms with Crippen molar-refractivity contribution in [1.82, 2.24) is 5.06 Å². The lowest BCUT2D eigenvalue weighted by Crippen LogP contribution is -2.35. The molecule has 76 valence electrons. The number of amides is 1. The van der Waals surface area contributed by atoms with E-state index in [0.29, 0.717) is 6.61 Å². The van der Waals surface area contributed by atoms with Gasteiger partial charge in [0, 0.05) is 12.5 Å². The highest BCUT2D eigenvalue weighted by atomic mass is 16.7. The van der Waals surface area contributed by atoms with Crippen molar-refractivity contribution >= 4 is 5.91 Å². The van der Waals surface area contributed by atoms with E-state index in [4.69, 9.17) is 4.84 Å².